The SMILES string of the molecule is COCCCNC(=O)Cn1ccc2cc(C(N)=S)ccc21. The minimum Gasteiger partial charge on any atom is -0.389 e. The number of fused-ring (bicyclic) bond motifs is 1. The Kier molecular flexibility index (Phi) is 5.30. The summed E-state index contributed by atoms with van der Waals surface area (Å²) < 4.78 is 6.85. The third kappa shape index (κ3) is 4.03. The molecule has 2 aromatic rings. The molecule has 3 N–H and O–H groups in total. The number of ether oxygens (including phenoxy) is 1. The van der Waals surface area contributed by atoms with Crippen LogP contribution in [0.25, 0.3) is 10.9 Å². The van der Waals surface area contributed by atoms with E-state index in [2.05, 4.69) is 5.32 Å². The number of nitrogens with zero attached hydrogens (tertiary/aromatic N) is 1. The van der Waals surface area contributed by atoms with Gasteiger partial charge in [-0.15, -0.1) is 0 Å². The molecular weight excluding hydrogens is 286 g/mol. The highest BCUT2D eigenvalue weighted by Gasteiger charge is 2.07. The highest BCUT2D eigenvalue weighted by Crippen LogP contribution is 2.17. The number of thiocarbonyl (C=S) groups is 1. The molecule has 1 aromatic heterocycles. The first-order valence-electron chi connectivity index (χ1n) is 6.76. The number of carbonyl (C=O) groups is 1. The normalized spacial score (nSPS) is 10.7. The van der Waals surface area contributed by atoms with Crippen molar-refractivity contribution in [3.8, 4) is 0 Å². The van der Waals surface area contributed by atoms with Gasteiger partial charge >= 0.3 is 0 Å². The zero-order valence-electron chi connectivity index (χ0n) is 12.0. The van der Waals surface area contributed by atoms with E-state index >= 15 is 0 Å². The Balaban J connectivity index is 2.02. The number of hydrogen-bond acceptors (Lipinski definition) is 3. The standard InChI is InChI=1S/C15H19N3O2S/c1-20-8-2-6-17-14(19)10-18-7-5-11-9-12(15(16)21)3-4-13(11)18/h3-5,7,9H,2,6,8,10H2,1H3,(H2,16,21)(H,17,19). The number of amides is 1. The van der Waals surface area contributed by atoms with Gasteiger partial charge in [0, 0.05) is 42.9 Å². The van der Waals surface area contributed by atoms with Gasteiger partial charge in [0.2, 0.25) is 5.91 Å². The van der Waals surface area contributed by atoms with Crippen LogP contribution < -0.4 is 11.1 Å². The molecule has 0 bridgehead atoms. The molecule has 0 aliphatic rings. The molecule has 6 heteroatoms. The van der Waals surface area contributed by atoms with Crippen LogP contribution in [0, 0.1) is 0 Å². The predicted molar refractivity (Wildman–Crippen MR) is 87.3 cm³/mol. The van der Waals surface area contributed by atoms with Crippen molar-refractivity contribution in [2.75, 3.05) is 20.3 Å². The molecule has 1 heterocycles. The van der Waals surface area contributed by atoms with E-state index in [1.807, 2.05) is 35.0 Å². The van der Waals surface area contributed by atoms with Crippen molar-refractivity contribution in [1.29, 1.82) is 0 Å². The topological polar surface area (TPSA) is 69.3 Å². The van der Waals surface area contributed by atoms with E-state index in [1.165, 1.54) is 0 Å². The fourth-order valence-electron chi connectivity index (χ4n) is 2.15. The summed E-state index contributed by atoms with van der Waals surface area (Å²) in [5.41, 5.74) is 7.44. The fraction of sp³-hybridized carbons (Fsp3) is 0.333. The molecule has 0 saturated heterocycles. The number of hydrogen-bond donors (Lipinski definition) is 2. The minimum atomic E-state index is -0.0120. The van der Waals surface area contributed by atoms with Crippen molar-refractivity contribution in [1.82, 2.24) is 9.88 Å². The molecule has 0 saturated carbocycles. The van der Waals surface area contributed by atoms with Gasteiger partial charge in [0.05, 0.1) is 0 Å². The maximum Gasteiger partial charge on any atom is 0.239 e. The second-order valence-electron chi connectivity index (χ2n) is 4.78. The Morgan fingerprint density at radius 1 is 1.43 bits per heavy atom. The van der Waals surface area contributed by atoms with Gasteiger partial charge in [0.15, 0.2) is 0 Å². The summed E-state index contributed by atoms with van der Waals surface area (Å²) in [5, 5.41) is 3.89. The van der Waals surface area contributed by atoms with E-state index in [0.717, 1.165) is 22.9 Å². The monoisotopic (exact) mass is 305 g/mol. The quantitative estimate of drug-likeness (QED) is 0.600. The Labute approximate surface area is 129 Å². The molecule has 1 aromatic carbocycles. The Hall–Kier alpha value is -1.92. The van der Waals surface area contributed by atoms with Crippen LogP contribution in [0.15, 0.2) is 30.5 Å². The number of nitrogens with one attached hydrogen (secondary N) is 1. The molecule has 0 spiro atoms. The first-order chi connectivity index (χ1) is 10.1. The molecule has 1 amide bonds. The average molecular weight is 305 g/mol. The van der Waals surface area contributed by atoms with E-state index in [0.29, 0.717) is 24.7 Å². The smallest absolute Gasteiger partial charge is 0.239 e. The third-order valence-corrected chi connectivity index (χ3v) is 3.45. The molecule has 0 unspecified atom stereocenters. The van der Waals surface area contributed by atoms with Crippen LogP contribution >= 0.6 is 12.2 Å². The number of rotatable bonds is 7. The zero-order valence-corrected chi connectivity index (χ0v) is 12.8. The summed E-state index contributed by atoms with van der Waals surface area (Å²) in [6.07, 6.45) is 2.70. The summed E-state index contributed by atoms with van der Waals surface area (Å²) in [4.78, 5) is 12.3. The van der Waals surface area contributed by atoms with E-state index in [9.17, 15) is 4.79 Å². The maximum absolute atomic E-state index is 11.9. The Morgan fingerprint density at radius 3 is 2.95 bits per heavy atom. The summed E-state index contributed by atoms with van der Waals surface area (Å²) >= 11 is 4.97. The molecule has 0 atom stereocenters. The summed E-state index contributed by atoms with van der Waals surface area (Å²) in [7, 11) is 1.65. The second-order valence-corrected chi connectivity index (χ2v) is 5.22. The van der Waals surface area contributed by atoms with Gasteiger partial charge in [-0.1, -0.05) is 12.2 Å². The summed E-state index contributed by atoms with van der Waals surface area (Å²) in [6.45, 7) is 1.56. The molecule has 0 radical (unpaired) electrons. The number of benzene rings is 1. The zero-order chi connectivity index (χ0) is 15.2. The van der Waals surface area contributed by atoms with Gasteiger partial charge in [-0.3, -0.25) is 4.79 Å². The van der Waals surface area contributed by atoms with Crippen LogP contribution in [0.5, 0.6) is 0 Å². The lowest BCUT2D eigenvalue weighted by atomic mass is 10.1. The summed E-state index contributed by atoms with van der Waals surface area (Å²) in [6, 6.07) is 7.69. The van der Waals surface area contributed by atoms with Gasteiger partial charge in [0.1, 0.15) is 11.5 Å². The molecule has 0 fully saturated rings. The van der Waals surface area contributed by atoms with Crippen LogP contribution in [-0.2, 0) is 16.1 Å². The highest BCUT2D eigenvalue weighted by molar-refractivity contribution is 7.80. The Bertz CT molecular complexity index is 651. The van der Waals surface area contributed by atoms with E-state index in [1.54, 1.807) is 7.11 Å². The van der Waals surface area contributed by atoms with Gasteiger partial charge < -0.3 is 20.4 Å². The Morgan fingerprint density at radius 2 is 2.24 bits per heavy atom. The largest absolute Gasteiger partial charge is 0.389 e. The van der Waals surface area contributed by atoms with Crippen LogP contribution in [0.2, 0.25) is 0 Å². The van der Waals surface area contributed by atoms with Crippen LogP contribution in [0.1, 0.15) is 12.0 Å². The van der Waals surface area contributed by atoms with E-state index < -0.39 is 0 Å². The first-order valence-corrected chi connectivity index (χ1v) is 7.17. The molecule has 21 heavy (non-hydrogen) atoms. The molecular formula is C15H19N3O2S. The van der Waals surface area contributed by atoms with Crippen molar-refractivity contribution in [3.63, 3.8) is 0 Å². The first kappa shape index (κ1) is 15.5. The molecule has 0 aliphatic carbocycles. The molecule has 2 rings (SSSR count). The van der Waals surface area contributed by atoms with Crippen molar-refractivity contribution in [2.45, 2.75) is 13.0 Å². The van der Waals surface area contributed by atoms with Crippen molar-refractivity contribution in [2.24, 2.45) is 5.73 Å². The van der Waals surface area contributed by atoms with E-state index in [4.69, 9.17) is 22.7 Å². The molecule has 112 valence electrons. The van der Waals surface area contributed by atoms with Crippen molar-refractivity contribution in [3.05, 3.63) is 36.0 Å². The lowest BCUT2D eigenvalue weighted by Crippen LogP contribution is -2.28. The minimum absolute atomic E-state index is 0.0120. The average Bonchev–Trinajstić information content (AvgIpc) is 2.86. The fourth-order valence-corrected chi connectivity index (χ4v) is 2.27. The number of methoxy groups -OCH3 is 1. The highest BCUT2D eigenvalue weighted by atomic mass is 32.1. The molecule has 0 aliphatic heterocycles. The second kappa shape index (κ2) is 7.19. The predicted octanol–water partition coefficient (Wildman–Crippen LogP) is 1.43. The lowest BCUT2D eigenvalue weighted by Gasteiger charge is -2.07. The third-order valence-electron chi connectivity index (χ3n) is 3.22. The van der Waals surface area contributed by atoms with Gasteiger partial charge in [-0.05, 0) is 30.7 Å². The lowest BCUT2D eigenvalue weighted by molar-refractivity contribution is -0.121. The maximum atomic E-state index is 11.9. The van der Waals surface area contributed by atoms with E-state index in [-0.39, 0.29) is 5.91 Å². The summed E-state index contributed by atoms with van der Waals surface area (Å²) in [5.74, 6) is -0.0120. The van der Waals surface area contributed by atoms with Gasteiger partial charge in [-0.25, -0.2) is 0 Å². The van der Waals surface area contributed by atoms with Crippen LogP contribution in [0.4, 0.5) is 0 Å². The van der Waals surface area contributed by atoms with Crippen molar-refractivity contribution >= 4 is 34.0 Å². The van der Waals surface area contributed by atoms with Crippen molar-refractivity contribution < 1.29 is 9.53 Å². The number of carbonyl (C=O) groups excluding carboxylic acids is 1. The number of aromatic nitrogens is 1. The molecule has 5 nitrogen and oxygen atoms in total. The number of nitrogens with two attached hydrogens (primary N) is 1. The van der Waals surface area contributed by atoms with Crippen LogP contribution in [0.3, 0.4) is 0 Å². The van der Waals surface area contributed by atoms with Gasteiger partial charge in [0.25, 0.3) is 0 Å². The van der Waals surface area contributed by atoms with Gasteiger partial charge in [-0.2, -0.15) is 0 Å². The van der Waals surface area contributed by atoms with Crippen LogP contribution in [-0.4, -0.2) is 35.7 Å².